The summed E-state index contributed by atoms with van der Waals surface area (Å²) in [5.74, 6) is 1.03. The van der Waals surface area contributed by atoms with Crippen LogP contribution in [0.3, 0.4) is 0 Å². The van der Waals surface area contributed by atoms with Crippen molar-refractivity contribution in [3.8, 4) is 0 Å². The van der Waals surface area contributed by atoms with Crippen LogP contribution >= 0.6 is 11.8 Å². The fourth-order valence-electron chi connectivity index (χ4n) is 1.92. The normalized spacial score (nSPS) is 11.6. The van der Waals surface area contributed by atoms with Crippen molar-refractivity contribution in [3.63, 3.8) is 0 Å². The fraction of sp³-hybridized carbons (Fsp3) is 0.368. The van der Waals surface area contributed by atoms with Crippen LogP contribution in [-0.4, -0.2) is 5.54 Å². The highest BCUT2D eigenvalue weighted by molar-refractivity contribution is 7.98. The number of rotatable bonds is 5. The molecule has 0 saturated heterocycles. The predicted octanol–water partition coefficient (Wildman–Crippen LogP) is 5.18. The van der Waals surface area contributed by atoms with Gasteiger partial charge in [-0.15, -0.1) is 11.8 Å². The molecular formula is C19H25NS. The molecule has 0 saturated carbocycles. The van der Waals surface area contributed by atoms with Crippen molar-refractivity contribution < 1.29 is 0 Å². The molecule has 2 aromatic carbocycles. The molecule has 0 aromatic heterocycles. The Morgan fingerprint density at radius 3 is 2.00 bits per heavy atom. The van der Waals surface area contributed by atoms with Gasteiger partial charge in [-0.2, -0.15) is 0 Å². The standard InChI is InChI=1S/C19H25NS/c1-15-5-7-17(8-6-15)14-21-18-11-9-16(10-12-18)13-20-19(2,3)4/h5-12,20H,13-14H2,1-4H3. The Bertz CT molecular complexity index is 550. The van der Waals surface area contributed by atoms with E-state index in [9.17, 15) is 0 Å². The van der Waals surface area contributed by atoms with Crippen LogP contribution in [0.5, 0.6) is 0 Å². The van der Waals surface area contributed by atoms with Crippen molar-refractivity contribution in [1.82, 2.24) is 5.32 Å². The number of nitrogens with one attached hydrogen (secondary N) is 1. The molecule has 1 nitrogen and oxygen atoms in total. The summed E-state index contributed by atoms with van der Waals surface area (Å²) in [6.07, 6.45) is 0. The molecule has 2 rings (SSSR count). The monoisotopic (exact) mass is 299 g/mol. The number of thioether (sulfide) groups is 1. The van der Waals surface area contributed by atoms with Gasteiger partial charge in [0.1, 0.15) is 0 Å². The number of hydrogen-bond acceptors (Lipinski definition) is 2. The van der Waals surface area contributed by atoms with E-state index >= 15 is 0 Å². The molecular weight excluding hydrogens is 274 g/mol. The van der Waals surface area contributed by atoms with Crippen LogP contribution < -0.4 is 5.32 Å². The third kappa shape index (κ3) is 5.94. The molecule has 0 atom stereocenters. The van der Waals surface area contributed by atoms with Crippen LogP contribution in [0.1, 0.15) is 37.5 Å². The molecule has 0 unspecified atom stereocenters. The lowest BCUT2D eigenvalue weighted by Crippen LogP contribution is -2.35. The van der Waals surface area contributed by atoms with Gasteiger partial charge in [0.2, 0.25) is 0 Å². The second-order valence-electron chi connectivity index (χ2n) is 6.52. The minimum atomic E-state index is 0.166. The quantitative estimate of drug-likeness (QED) is 0.764. The topological polar surface area (TPSA) is 12.0 Å². The van der Waals surface area contributed by atoms with Gasteiger partial charge in [-0.25, -0.2) is 0 Å². The summed E-state index contributed by atoms with van der Waals surface area (Å²) in [6.45, 7) is 9.63. The second-order valence-corrected chi connectivity index (χ2v) is 7.57. The van der Waals surface area contributed by atoms with Crippen molar-refractivity contribution in [2.45, 2.75) is 50.4 Å². The lowest BCUT2D eigenvalue weighted by atomic mass is 10.1. The van der Waals surface area contributed by atoms with Crippen LogP contribution in [-0.2, 0) is 12.3 Å². The molecule has 2 heteroatoms. The zero-order valence-electron chi connectivity index (χ0n) is 13.4. The molecule has 1 N–H and O–H groups in total. The lowest BCUT2D eigenvalue weighted by Gasteiger charge is -2.20. The van der Waals surface area contributed by atoms with E-state index in [4.69, 9.17) is 0 Å². The third-order valence-electron chi connectivity index (χ3n) is 3.27. The first-order valence-electron chi connectivity index (χ1n) is 7.45. The average molecular weight is 299 g/mol. The molecule has 0 heterocycles. The maximum absolute atomic E-state index is 3.51. The van der Waals surface area contributed by atoms with Gasteiger partial charge in [0.25, 0.3) is 0 Å². The Hall–Kier alpha value is -1.25. The van der Waals surface area contributed by atoms with Gasteiger partial charge in [-0.1, -0.05) is 42.0 Å². The first kappa shape index (κ1) is 16.1. The van der Waals surface area contributed by atoms with E-state index in [1.807, 2.05) is 11.8 Å². The Morgan fingerprint density at radius 2 is 1.43 bits per heavy atom. The summed E-state index contributed by atoms with van der Waals surface area (Å²) in [7, 11) is 0. The van der Waals surface area contributed by atoms with Gasteiger partial charge in [0.15, 0.2) is 0 Å². The smallest absolute Gasteiger partial charge is 0.0231 e. The largest absolute Gasteiger partial charge is 0.308 e. The van der Waals surface area contributed by atoms with Gasteiger partial charge in [0, 0.05) is 22.7 Å². The summed E-state index contributed by atoms with van der Waals surface area (Å²) >= 11 is 1.89. The van der Waals surface area contributed by atoms with Gasteiger partial charge < -0.3 is 5.32 Å². The van der Waals surface area contributed by atoms with E-state index in [2.05, 4.69) is 81.5 Å². The second kappa shape index (κ2) is 7.15. The summed E-state index contributed by atoms with van der Waals surface area (Å²) < 4.78 is 0. The number of hydrogen-bond donors (Lipinski definition) is 1. The number of benzene rings is 2. The SMILES string of the molecule is Cc1ccc(CSc2ccc(CNC(C)(C)C)cc2)cc1. The van der Waals surface area contributed by atoms with Gasteiger partial charge >= 0.3 is 0 Å². The number of aryl methyl sites for hydroxylation is 1. The Kier molecular flexibility index (Phi) is 5.49. The van der Waals surface area contributed by atoms with E-state index in [1.54, 1.807) is 0 Å². The highest BCUT2D eigenvalue weighted by atomic mass is 32.2. The van der Waals surface area contributed by atoms with E-state index in [-0.39, 0.29) is 5.54 Å². The van der Waals surface area contributed by atoms with Gasteiger partial charge in [0.05, 0.1) is 0 Å². The summed E-state index contributed by atoms with van der Waals surface area (Å²) in [6, 6.07) is 17.7. The molecule has 112 valence electrons. The maximum Gasteiger partial charge on any atom is 0.0231 e. The zero-order chi connectivity index (χ0) is 15.3. The van der Waals surface area contributed by atoms with Crippen molar-refractivity contribution in [3.05, 3.63) is 65.2 Å². The van der Waals surface area contributed by atoms with Crippen LogP contribution in [0.4, 0.5) is 0 Å². The molecule has 0 radical (unpaired) electrons. The van der Waals surface area contributed by atoms with E-state index in [1.165, 1.54) is 21.6 Å². The van der Waals surface area contributed by atoms with E-state index in [0.29, 0.717) is 0 Å². The molecule has 0 aliphatic carbocycles. The van der Waals surface area contributed by atoms with Gasteiger partial charge in [-0.3, -0.25) is 0 Å². The lowest BCUT2D eigenvalue weighted by molar-refractivity contribution is 0.424. The maximum atomic E-state index is 3.51. The summed E-state index contributed by atoms with van der Waals surface area (Å²) in [4.78, 5) is 1.33. The molecule has 0 aliphatic heterocycles. The van der Waals surface area contributed by atoms with Crippen molar-refractivity contribution in [2.75, 3.05) is 0 Å². The Balaban J connectivity index is 1.86. The minimum absolute atomic E-state index is 0.166. The molecule has 0 fully saturated rings. The molecule has 0 amide bonds. The van der Waals surface area contributed by atoms with Crippen LogP contribution in [0.25, 0.3) is 0 Å². The van der Waals surface area contributed by atoms with Gasteiger partial charge in [-0.05, 0) is 51.0 Å². The first-order chi connectivity index (χ1) is 9.92. The molecule has 2 aromatic rings. The van der Waals surface area contributed by atoms with Crippen molar-refractivity contribution >= 4 is 11.8 Å². The van der Waals surface area contributed by atoms with E-state index < -0.39 is 0 Å². The third-order valence-corrected chi connectivity index (χ3v) is 4.36. The Labute approximate surface area is 133 Å². The predicted molar refractivity (Wildman–Crippen MR) is 93.8 cm³/mol. The van der Waals surface area contributed by atoms with Crippen molar-refractivity contribution in [2.24, 2.45) is 0 Å². The van der Waals surface area contributed by atoms with Crippen molar-refractivity contribution in [1.29, 1.82) is 0 Å². The average Bonchev–Trinajstić information content (AvgIpc) is 2.45. The molecule has 0 spiro atoms. The van der Waals surface area contributed by atoms with E-state index in [0.717, 1.165) is 12.3 Å². The van der Waals surface area contributed by atoms with Crippen LogP contribution in [0.15, 0.2) is 53.4 Å². The van der Waals surface area contributed by atoms with Crippen LogP contribution in [0, 0.1) is 6.92 Å². The molecule has 0 aliphatic rings. The first-order valence-corrected chi connectivity index (χ1v) is 8.43. The summed E-state index contributed by atoms with van der Waals surface area (Å²) in [5, 5.41) is 3.51. The summed E-state index contributed by atoms with van der Waals surface area (Å²) in [5.41, 5.74) is 4.20. The highest BCUT2D eigenvalue weighted by Crippen LogP contribution is 2.23. The molecule has 21 heavy (non-hydrogen) atoms. The van der Waals surface area contributed by atoms with Crippen LogP contribution in [0.2, 0.25) is 0 Å². The highest BCUT2D eigenvalue weighted by Gasteiger charge is 2.08. The fourth-order valence-corrected chi connectivity index (χ4v) is 2.78. The zero-order valence-corrected chi connectivity index (χ0v) is 14.3. The molecule has 0 bridgehead atoms. The Morgan fingerprint density at radius 1 is 0.857 bits per heavy atom. The minimum Gasteiger partial charge on any atom is -0.308 e.